The van der Waals surface area contributed by atoms with Gasteiger partial charge in [-0.2, -0.15) is 0 Å². The van der Waals surface area contributed by atoms with Gasteiger partial charge in [0.1, 0.15) is 22.3 Å². The summed E-state index contributed by atoms with van der Waals surface area (Å²) >= 11 is 1.89. The van der Waals surface area contributed by atoms with Crippen LogP contribution in [0.1, 0.15) is 74.9 Å². The van der Waals surface area contributed by atoms with Gasteiger partial charge < -0.3 is 22.5 Å². The molecule has 22 aromatic carbocycles. The Kier molecular flexibility index (Phi) is 14.1. The van der Waals surface area contributed by atoms with Gasteiger partial charge in [-0.05, 0) is 239 Å². The van der Waals surface area contributed by atoms with E-state index in [1.54, 1.807) is 0 Å². The number of nitrogens with zero attached hydrogens (tertiary/aromatic N) is 3. The van der Waals surface area contributed by atoms with Gasteiger partial charge in [-0.1, -0.05) is 308 Å². The van der Waals surface area contributed by atoms with Crippen molar-refractivity contribution < 1.29 is 8.83 Å². The third-order valence-electron chi connectivity index (χ3n) is 30.4. The Labute approximate surface area is 744 Å². The van der Waals surface area contributed by atoms with Crippen molar-refractivity contribution in [3.05, 3.63) is 403 Å². The minimum absolute atomic E-state index is 0.0620. The molecule has 31 rings (SSSR count). The van der Waals surface area contributed by atoms with E-state index in [1.807, 2.05) is 23.5 Å². The van der Waals surface area contributed by atoms with Crippen LogP contribution < -0.4 is 0 Å². The second-order valence-corrected chi connectivity index (χ2v) is 38.9. The maximum absolute atomic E-state index is 6.35. The number of rotatable bonds is 4. The normalized spacial score (nSPS) is 14.2. The summed E-state index contributed by atoms with van der Waals surface area (Å²) in [6.45, 7) is 14.3. The first-order valence-corrected chi connectivity index (χ1v) is 46.0. The highest BCUT2D eigenvalue weighted by Gasteiger charge is 2.40. The summed E-state index contributed by atoms with van der Waals surface area (Å²) < 4.78 is 22.8. The van der Waals surface area contributed by atoms with Crippen LogP contribution in [0.25, 0.3) is 255 Å². The number of aromatic nitrogens is 3. The van der Waals surface area contributed by atoms with E-state index in [2.05, 4.69) is 413 Å². The molecule has 6 heterocycles. The Morgan fingerprint density at radius 2 is 0.504 bits per heavy atom. The van der Waals surface area contributed by atoms with Crippen LogP contribution in [0.4, 0.5) is 0 Å². The summed E-state index contributed by atoms with van der Waals surface area (Å²) in [6, 6.07) is 137. The Morgan fingerprint density at radius 1 is 0.186 bits per heavy atom. The zero-order valence-electron chi connectivity index (χ0n) is 71.8. The zero-order valence-corrected chi connectivity index (χ0v) is 72.6. The molecule has 28 aromatic rings. The summed E-state index contributed by atoms with van der Waals surface area (Å²) in [5, 5.41) is 39.6. The first kappa shape index (κ1) is 71.7. The van der Waals surface area contributed by atoms with Crippen LogP contribution in [0.15, 0.2) is 379 Å². The van der Waals surface area contributed by atoms with Crippen molar-refractivity contribution in [3.63, 3.8) is 0 Å². The standard InChI is InChI=1S/C45H29NO.C39H25NO.C39H25NS/c1-45(2)34-19-8-17-31-29-13-3-4-14-30(29)32-18-9-20-36-42(32)44-37(24-23-35(45)43(44)41(31)34)46(36)27-12-7-11-26(25-27)28-16-10-22-39-40(28)33-15-5-6-21-38(33)47-39;2*1-39(2)29-14-7-12-27-23-9-3-4-10-24(23)28-13-8-15-31-36(28)38-32(20-19-30(39)37(38)35(27)29)40(31)22-17-18-26-25-11-5-6-16-33(25)41-34(26)21-22/h3-25H,1-2H3;2*3-21H,1-2H3. The fourth-order valence-electron chi connectivity index (χ4n) is 24.8. The highest BCUT2D eigenvalue weighted by molar-refractivity contribution is 7.25. The highest BCUT2D eigenvalue weighted by Crippen LogP contribution is 2.59. The Balaban J connectivity index is 0.0000000958. The van der Waals surface area contributed by atoms with Gasteiger partial charge in [-0.25, -0.2) is 0 Å². The molecule has 0 saturated carbocycles. The summed E-state index contributed by atoms with van der Waals surface area (Å²) in [5.41, 5.74) is 25.3. The molecule has 0 saturated heterocycles. The van der Waals surface area contributed by atoms with E-state index in [1.165, 1.54) is 233 Å². The van der Waals surface area contributed by atoms with E-state index in [0.29, 0.717) is 0 Å². The lowest BCUT2D eigenvalue weighted by Gasteiger charge is -2.22. The molecule has 6 aromatic heterocycles. The number of fused-ring (bicyclic) bond motifs is 18. The molecular weight excluding hydrogens is 1580 g/mol. The molecule has 0 aliphatic heterocycles. The molecule has 0 N–H and O–H groups in total. The minimum Gasteiger partial charge on any atom is -0.456 e. The number of hydrogen-bond donors (Lipinski definition) is 0. The van der Waals surface area contributed by atoms with Gasteiger partial charge in [0, 0.05) is 113 Å². The average Bonchev–Trinajstić information content (AvgIpc) is 1.53. The van der Waals surface area contributed by atoms with Crippen LogP contribution >= 0.6 is 11.3 Å². The van der Waals surface area contributed by atoms with Gasteiger partial charge >= 0.3 is 0 Å². The largest absolute Gasteiger partial charge is 0.456 e. The van der Waals surface area contributed by atoms with Crippen LogP contribution in [0.2, 0.25) is 0 Å². The zero-order chi connectivity index (χ0) is 85.1. The fourth-order valence-corrected chi connectivity index (χ4v) is 26.0. The van der Waals surface area contributed by atoms with Gasteiger partial charge in [-0.3, -0.25) is 0 Å². The lowest BCUT2D eigenvalue weighted by molar-refractivity contribution is 0.663. The van der Waals surface area contributed by atoms with E-state index in [0.717, 1.165) is 55.3 Å². The predicted molar refractivity (Wildman–Crippen MR) is 549 cm³/mol. The van der Waals surface area contributed by atoms with Gasteiger partial charge in [-0.15, -0.1) is 11.3 Å². The molecule has 0 spiro atoms. The first-order chi connectivity index (χ1) is 63.3. The van der Waals surface area contributed by atoms with Crippen LogP contribution in [-0.4, -0.2) is 13.7 Å². The minimum atomic E-state index is -0.0938. The average molecular weight is 1660 g/mol. The molecule has 3 aliphatic rings. The molecule has 0 amide bonds. The second-order valence-electron chi connectivity index (χ2n) is 37.8. The summed E-state index contributed by atoms with van der Waals surface area (Å²) in [6.07, 6.45) is 0. The second kappa shape index (κ2) is 25.4. The van der Waals surface area contributed by atoms with E-state index >= 15 is 0 Å². The molecule has 6 heteroatoms. The summed E-state index contributed by atoms with van der Waals surface area (Å²) in [5.74, 6) is 0. The molecular formula is C123H79N3O2S. The molecule has 0 bridgehead atoms. The van der Waals surface area contributed by atoms with Crippen molar-refractivity contribution in [1.82, 2.24) is 13.7 Å². The Hall–Kier alpha value is -15.6. The third kappa shape index (κ3) is 9.32. The first-order valence-electron chi connectivity index (χ1n) is 45.2. The predicted octanol–water partition coefficient (Wildman–Crippen LogP) is 34.5. The molecule has 129 heavy (non-hydrogen) atoms. The van der Waals surface area contributed by atoms with Gasteiger partial charge in [0.05, 0.1) is 33.1 Å². The molecule has 604 valence electrons. The van der Waals surface area contributed by atoms with Crippen molar-refractivity contribution in [2.45, 2.75) is 57.8 Å². The third-order valence-corrected chi connectivity index (χ3v) is 31.6. The molecule has 3 aliphatic carbocycles. The quantitative estimate of drug-likeness (QED) is 0.176. The molecule has 0 fully saturated rings. The Bertz CT molecular complexity index is 9650. The SMILES string of the molecule is CC1(C)c2cccc3c4ccccc4c4cccc5c4c4c(c1ccc4n5-c1ccc4c(c1)oc1ccccc14)c23.CC1(C)c2cccc3c4ccccc4c4cccc5c4c4c(c1ccc4n5-c1ccc4c(c1)sc1ccccc14)c23.CC1(C)c2cccc3c4ccccc4c4cccc5c4c4c(c1ccc4n5-c1cccc(-c4cccc5oc6ccccc6c45)c1)c23. The van der Waals surface area contributed by atoms with E-state index in [9.17, 15) is 0 Å². The van der Waals surface area contributed by atoms with E-state index in [-0.39, 0.29) is 16.2 Å². The summed E-state index contributed by atoms with van der Waals surface area (Å²) in [7, 11) is 0. The van der Waals surface area contributed by atoms with Gasteiger partial charge in [0.25, 0.3) is 0 Å². The maximum atomic E-state index is 6.35. The van der Waals surface area contributed by atoms with Crippen molar-refractivity contribution in [2.75, 3.05) is 0 Å². The van der Waals surface area contributed by atoms with Gasteiger partial charge in [0.15, 0.2) is 0 Å². The molecule has 0 atom stereocenters. The Morgan fingerprint density at radius 3 is 0.977 bits per heavy atom. The molecule has 0 unspecified atom stereocenters. The topological polar surface area (TPSA) is 41.1 Å². The van der Waals surface area contributed by atoms with E-state index in [4.69, 9.17) is 8.83 Å². The van der Waals surface area contributed by atoms with Crippen molar-refractivity contribution >= 4 is 238 Å². The lowest BCUT2D eigenvalue weighted by Crippen LogP contribution is -2.15. The lowest BCUT2D eigenvalue weighted by atomic mass is 9.81. The smallest absolute Gasteiger partial charge is 0.137 e. The van der Waals surface area contributed by atoms with Crippen LogP contribution in [0, 0.1) is 0 Å². The van der Waals surface area contributed by atoms with Crippen molar-refractivity contribution in [3.8, 4) is 28.2 Å². The fraction of sp³-hybridized carbons (Fsp3) is 0.0732. The monoisotopic (exact) mass is 1660 g/mol. The van der Waals surface area contributed by atoms with Crippen LogP contribution in [-0.2, 0) is 16.2 Å². The van der Waals surface area contributed by atoms with E-state index < -0.39 is 0 Å². The molecule has 5 nitrogen and oxygen atoms in total. The van der Waals surface area contributed by atoms with Crippen LogP contribution in [0.3, 0.4) is 0 Å². The van der Waals surface area contributed by atoms with Gasteiger partial charge in [0.2, 0.25) is 0 Å². The highest BCUT2D eigenvalue weighted by atomic mass is 32.1. The number of benzene rings is 19. The number of hydrogen-bond acceptors (Lipinski definition) is 3. The number of para-hydroxylation sites is 2. The number of furan rings is 2. The number of thiophene rings is 1. The van der Waals surface area contributed by atoms with Crippen LogP contribution in [0.5, 0.6) is 0 Å². The van der Waals surface area contributed by atoms with Crippen molar-refractivity contribution in [2.24, 2.45) is 0 Å². The van der Waals surface area contributed by atoms with Crippen molar-refractivity contribution in [1.29, 1.82) is 0 Å². The molecule has 0 radical (unpaired) electrons. The summed E-state index contributed by atoms with van der Waals surface area (Å²) in [4.78, 5) is 0. The maximum Gasteiger partial charge on any atom is 0.137 e.